The van der Waals surface area contributed by atoms with Crippen molar-refractivity contribution in [2.24, 2.45) is 0 Å². The van der Waals surface area contributed by atoms with E-state index in [0.717, 1.165) is 72.6 Å². The number of hydrogen-bond acceptors (Lipinski definition) is 8. The second-order valence-electron chi connectivity index (χ2n) is 9.29. The van der Waals surface area contributed by atoms with Gasteiger partial charge in [-0.2, -0.15) is 5.26 Å². The Kier molecular flexibility index (Phi) is 8.14. The number of ether oxygens (including phenoxy) is 3. The smallest absolute Gasteiger partial charge is 0.163 e. The molecule has 1 aliphatic rings. The van der Waals surface area contributed by atoms with E-state index >= 15 is 0 Å². The molecule has 8 nitrogen and oxygen atoms in total. The van der Waals surface area contributed by atoms with Gasteiger partial charge in [0, 0.05) is 62.1 Å². The molecular formula is C28H35N5O3. The van der Waals surface area contributed by atoms with Gasteiger partial charge in [0.25, 0.3) is 0 Å². The van der Waals surface area contributed by atoms with Crippen LogP contribution < -0.4 is 19.5 Å². The Morgan fingerprint density at radius 1 is 0.972 bits per heavy atom. The minimum atomic E-state index is 0.448. The quantitative estimate of drug-likeness (QED) is 0.440. The molecule has 190 valence electrons. The summed E-state index contributed by atoms with van der Waals surface area (Å²) in [6.45, 7) is 10.1. The molecule has 2 aromatic carbocycles. The maximum Gasteiger partial charge on any atom is 0.163 e. The van der Waals surface area contributed by atoms with Gasteiger partial charge in [-0.15, -0.1) is 0 Å². The van der Waals surface area contributed by atoms with Gasteiger partial charge in [0.2, 0.25) is 0 Å². The molecule has 0 bridgehead atoms. The van der Waals surface area contributed by atoms with Gasteiger partial charge < -0.3 is 29.3 Å². The number of aromatic nitrogens is 1. The zero-order valence-corrected chi connectivity index (χ0v) is 21.9. The summed E-state index contributed by atoms with van der Waals surface area (Å²) in [5.74, 6) is 2.05. The third-order valence-corrected chi connectivity index (χ3v) is 6.75. The first kappa shape index (κ1) is 25.5. The number of aryl methyl sites for hydroxylation is 2. The van der Waals surface area contributed by atoms with Gasteiger partial charge in [-0.3, -0.25) is 4.98 Å². The molecule has 1 aromatic heterocycles. The highest BCUT2D eigenvalue weighted by molar-refractivity contribution is 5.98. The summed E-state index contributed by atoms with van der Waals surface area (Å²) in [4.78, 5) is 9.37. The van der Waals surface area contributed by atoms with Crippen molar-refractivity contribution < 1.29 is 14.2 Å². The zero-order valence-electron chi connectivity index (χ0n) is 21.9. The molecule has 36 heavy (non-hydrogen) atoms. The molecule has 1 aliphatic heterocycles. The van der Waals surface area contributed by atoms with E-state index in [9.17, 15) is 5.26 Å². The zero-order chi connectivity index (χ0) is 25.7. The van der Waals surface area contributed by atoms with Gasteiger partial charge in [-0.25, -0.2) is 0 Å². The van der Waals surface area contributed by atoms with Crippen LogP contribution >= 0.6 is 0 Å². The van der Waals surface area contributed by atoms with Crippen LogP contribution in [0, 0.1) is 25.2 Å². The Morgan fingerprint density at radius 3 is 2.42 bits per heavy atom. The first-order valence-electron chi connectivity index (χ1n) is 12.3. The molecule has 0 saturated carbocycles. The number of benzene rings is 2. The molecule has 4 rings (SSSR count). The van der Waals surface area contributed by atoms with E-state index in [0.29, 0.717) is 29.4 Å². The summed E-state index contributed by atoms with van der Waals surface area (Å²) >= 11 is 0. The third-order valence-electron chi connectivity index (χ3n) is 6.75. The standard InChI is InChI=1S/C28H35N5O3/c1-19-13-20(2)25(34-4)15-23(19)31-28-21(17-29)18-30-24-16-27(26(35-5)14-22(24)28)36-12-6-7-33-10-8-32(3)9-11-33/h13-16,18H,6-12H2,1-5H3,(H,30,31). The molecule has 8 heteroatoms. The molecule has 1 saturated heterocycles. The van der Waals surface area contributed by atoms with Crippen molar-refractivity contribution in [3.8, 4) is 23.3 Å². The lowest BCUT2D eigenvalue weighted by atomic mass is 10.1. The maximum atomic E-state index is 9.80. The normalized spacial score (nSPS) is 14.4. The molecule has 0 unspecified atom stereocenters. The van der Waals surface area contributed by atoms with E-state index in [1.54, 1.807) is 20.4 Å². The lowest BCUT2D eigenvalue weighted by Gasteiger charge is -2.32. The van der Waals surface area contributed by atoms with Crippen LogP contribution in [0.5, 0.6) is 17.2 Å². The van der Waals surface area contributed by atoms with Gasteiger partial charge >= 0.3 is 0 Å². The maximum absolute atomic E-state index is 9.80. The Morgan fingerprint density at radius 2 is 1.72 bits per heavy atom. The first-order chi connectivity index (χ1) is 17.4. The average molecular weight is 490 g/mol. The van der Waals surface area contributed by atoms with Crippen LogP contribution in [0.1, 0.15) is 23.1 Å². The molecule has 1 N–H and O–H groups in total. The summed E-state index contributed by atoms with van der Waals surface area (Å²) in [6, 6.07) is 10.1. The fourth-order valence-electron chi connectivity index (χ4n) is 4.56. The van der Waals surface area contributed by atoms with Gasteiger partial charge in [-0.05, 0) is 44.5 Å². The van der Waals surface area contributed by atoms with E-state index in [1.807, 2.05) is 32.0 Å². The van der Waals surface area contributed by atoms with Crippen molar-refractivity contribution in [1.82, 2.24) is 14.8 Å². The van der Waals surface area contributed by atoms with Crippen LogP contribution in [0.4, 0.5) is 11.4 Å². The second-order valence-corrected chi connectivity index (χ2v) is 9.29. The number of nitrogens with one attached hydrogen (secondary N) is 1. The monoisotopic (exact) mass is 489 g/mol. The van der Waals surface area contributed by atoms with Crippen LogP contribution in [0.2, 0.25) is 0 Å². The minimum absolute atomic E-state index is 0.448. The number of fused-ring (bicyclic) bond motifs is 1. The largest absolute Gasteiger partial charge is 0.496 e. The van der Waals surface area contributed by atoms with Gasteiger partial charge in [0.15, 0.2) is 11.5 Å². The van der Waals surface area contributed by atoms with E-state index in [1.165, 1.54) is 0 Å². The number of pyridine rings is 1. The topological polar surface area (TPSA) is 82.9 Å². The van der Waals surface area contributed by atoms with Crippen LogP contribution in [0.3, 0.4) is 0 Å². The lowest BCUT2D eigenvalue weighted by Crippen LogP contribution is -2.44. The highest BCUT2D eigenvalue weighted by atomic mass is 16.5. The molecule has 0 atom stereocenters. The first-order valence-corrected chi connectivity index (χ1v) is 12.3. The van der Waals surface area contributed by atoms with Crippen LogP contribution in [-0.4, -0.2) is 75.4 Å². The number of likely N-dealkylation sites (N-methyl/N-ethyl adjacent to an activating group) is 1. The summed E-state index contributed by atoms with van der Waals surface area (Å²) in [7, 11) is 5.45. The van der Waals surface area contributed by atoms with E-state index in [4.69, 9.17) is 14.2 Å². The van der Waals surface area contributed by atoms with Crippen LogP contribution in [-0.2, 0) is 0 Å². The Balaban J connectivity index is 1.57. The molecule has 3 aromatic rings. The van der Waals surface area contributed by atoms with E-state index in [2.05, 4.69) is 39.3 Å². The number of hydrogen-bond donors (Lipinski definition) is 1. The lowest BCUT2D eigenvalue weighted by molar-refractivity contribution is 0.145. The van der Waals surface area contributed by atoms with Gasteiger partial charge in [0.05, 0.1) is 37.6 Å². The van der Waals surface area contributed by atoms with Crippen molar-refractivity contribution in [2.45, 2.75) is 20.3 Å². The van der Waals surface area contributed by atoms with Crippen LogP contribution in [0.25, 0.3) is 10.9 Å². The molecular weight excluding hydrogens is 454 g/mol. The third kappa shape index (κ3) is 5.64. The number of rotatable bonds is 9. The SMILES string of the molecule is COc1cc(Nc2c(C#N)cnc3cc(OCCCN4CCN(C)CC4)c(OC)cc23)c(C)cc1C. The van der Waals surface area contributed by atoms with Crippen molar-refractivity contribution >= 4 is 22.3 Å². The highest BCUT2D eigenvalue weighted by Crippen LogP contribution is 2.38. The predicted octanol–water partition coefficient (Wildman–Crippen LogP) is 4.50. The molecule has 2 heterocycles. The van der Waals surface area contributed by atoms with Crippen molar-refractivity contribution in [2.75, 3.05) is 65.9 Å². The van der Waals surface area contributed by atoms with Gasteiger partial charge in [-0.1, -0.05) is 6.07 Å². The second kappa shape index (κ2) is 11.5. The van der Waals surface area contributed by atoms with E-state index in [-0.39, 0.29) is 0 Å². The predicted molar refractivity (Wildman–Crippen MR) is 143 cm³/mol. The van der Waals surface area contributed by atoms with Gasteiger partial charge in [0.1, 0.15) is 11.8 Å². The number of anilines is 2. The van der Waals surface area contributed by atoms with Crippen molar-refractivity contribution in [1.29, 1.82) is 5.26 Å². The van der Waals surface area contributed by atoms with E-state index < -0.39 is 0 Å². The summed E-state index contributed by atoms with van der Waals surface area (Å²) < 4.78 is 17.3. The Bertz CT molecular complexity index is 1260. The molecule has 0 aliphatic carbocycles. The Labute approximate surface area is 213 Å². The fraction of sp³-hybridized carbons (Fsp3) is 0.429. The van der Waals surface area contributed by atoms with Crippen molar-refractivity contribution in [3.05, 3.63) is 47.2 Å². The molecule has 0 spiro atoms. The molecule has 0 amide bonds. The Hall–Kier alpha value is -3.54. The van der Waals surface area contributed by atoms with Crippen molar-refractivity contribution in [3.63, 3.8) is 0 Å². The molecule has 1 fully saturated rings. The summed E-state index contributed by atoms with van der Waals surface area (Å²) in [6.07, 6.45) is 2.53. The highest BCUT2D eigenvalue weighted by Gasteiger charge is 2.17. The number of nitrogens with zero attached hydrogens (tertiary/aromatic N) is 4. The fourth-order valence-corrected chi connectivity index (χ4v) is 4.56. The van der Waals surface area contributed by atoms with Crippen LogP contribution in [0.15, 0.2) is 30.5 Å². The number of piperazine rings is 1. The summed E-state index contributed by atoms with van der Waals surface area (Å²) in [5.41, 5.74) is 4.82. The average Bonchev–Trinajstić information content (AvgIpc) is 2.88. The molecule has 0 radical (unpaired) electrons. The number of nitriles is 1. The minimum Gasteiger partial charge on any atom is -0.496 e. The summed E-state index contributed by atoms with van der Waals surface area (Å²) in [5, 5.41) is 14.0. The number of methoxy groups -OCH3 is 2.